The van der Waals surface area contributed by atoms with E-state index >= 15 is 0 Å². The molecule has 0 aliphatic rings. The number of nitrogens with one attached hydrogen (secondary N) is 2. The van der Waals surface area contributed by atoms with E-state index in [9.17, 15) is 4.79 Å². The van der Waals surface area contributed by atoms with Gasteiger partial charge in [-0.25, -0.2) is 9.97 Å². The maximum Gasteiger partial charge on any atom is 0.258 e. The van der Waals surface area contributed by atoms with E-state index in [1.165, 1.54) is 12.4 Å². The molecule has 0 saturated carbocycles. The largest absolute Gasteiger partial charge is 0.492 e. The number of hydrogen-bond acceptors (Lipinski definition) is 5. The summed E-state index contributed by atoms with van der Waals surface area (Å²) < 4.78 is 5.58. The van der Waals surface area contributed by atoms with Crippen molar-refractivity contribution in [1.29, 1.82) is 0 Å². The molecule has 0 saturated heterocycles. The van der Waals surface area contributed by atoms with Crippen LogP contribution in [-0.2, 0) is 0 Å². The predicted octanol–water partition coefficient (Wildman–Crippen LogP) is 4.49. The number of hydrogen-bond donors (Lipinski definition) is 2. The van der Waals surface area contributed by atoms with E-state index in [0.29, 0.717) is 18.1 Å². The molecule has 3 rings (SSSR count). The van der Waals surface area contributed by atoms with Crippen molar-refractivity contribution in [1.82, 2.24) is 9.97 Å². The highest BCUT2D eigenvalue weighted by molar-refractivity contribution is 6.04. The monoisotopic (exact) mass is 362 g/mol. The van der Waals surface area contributed by atoms with Gasteiger partial charge in [0, 0.05) is 18.1 Å². The van der Waals surface area contributed by atoms with Crippen LogP contribution >= 0.6 is 0 Å². The lowest BCUT2D eigenvalue weighted by atomic mass is 10.1. The van der Waals surface area contributed by atoms with Gasteiger partial charge < -0.3 is 15.4 Å². The second kappa shape index (κ2) is 8.31. The van der Waals surface area contributed by atoms with Gasteiger partial charge in [0.15, 0.2) is 0 Å². The zero-order valence-corrected chi connectivity index (χ0v) is 15.6. The molecule has 0 aliphatic carbocycles. The Hall–Kier alpha value is -3.41. The van der Waals surface area contributed by atoms with Gasteiger partial charge in [-0.3, -0.25) is 4.79 Å². The van der Waals surface area contributed by atoms with Crippen molar-refractivity contribution in [3.63, 3.8) is 0 Å². The fourth-order valence-corrected chi connectivity index (χ4v) is 2.55. The number of aryl methyl sites for hydroxylation is 2. The number of rotatable bonds is 6. The van der Waals surface area contributed by atoms with Crippen molar-refractivity contribution in [2.75, 3.05) is 17.2 Å². The minimum Gasteiger partial charge on any atom is -0.492 e. The molecule has 0 bridgehead atoms. The first kappa shape index (κ1) is 18.4. The summed E-state index contributed by atoms with van der Waals surface area (Å²) in [4.78, 5) is 20.9. The van der Waals surface area contributed by atoms with Gasteiger partial charge in [-0.15, -0.1) is 0 Å². The molecular weight excluding hydrogens is 340 g/mol. The van der Waals surface area contributed by atoms with E-state index in [1.807, 2.05) is 63.2 Å². The quantitative estimate of drug-likeness (QED) is 0.676. The number of benzene rings is 2. The molecule has 0 unspecified atom stereocenters. The molecule has 27 heavy (non-hydrogen) atoms. The second-order valence-corrected chi connectivity index (χ2v) is 6.12. The van der Waals surface area contributed by atoms with E-state index in [-0.39, 0.29) is 5.91 Å². The first-order chi connectivity index (χ1) is 13.1. The third-order valence-electron chi connectivity index (χ3n) is 3.99. The van der Waals surface area contributed by atoms with Crippen LogP contribution in [0.15, 0.2) is 54.9 Å². The second-order valence-electron chi connectivity index (χ2n) is 6.12. The molecule has 2 aromatic carbocycles. The normalized spacial score (nSPS) is 10.3. The number of anilines is 3. The van der Waals surface area contributed by atoms with Crippen LogP contribution in [0.5, 0.6) is 5.75 Å². The van der Waals surface area contributed by atoms with Gasteiger partial charge in [0.25, 0.3) is 5.91 Å². The SMILES string of the molecule is CCOc1ccccc1Nc1ncc(C(=O)Nc2cc(C)ccc2C)cn1. The average molecular weight is 362 g/mol. The van der Waals surface area contributed by atoms with Crippen molar-refractivity contribution in [2.24, 2.45) is 0 Å². The molecule has 6 nitrogen and oxygen atoms in total. The molecule has 138 valence electrons. The molecule has 6 heteroatoms. The van der Waals surface area contributed by atoms with Gasteiger partial charge >= 0.3 is 0 Å². The Balaban J connectivity index is 1.72. The van der Waals surface area contributed by atoms with Gasteiger partial charge in [0.2, 0.25) is 5.95 Å². The van der Waals surface area contributed by atoms with Crippen molar-refractivity contribution in [3.05, 3.63) is 71.5 Å². The molecule has 0 atom stereocenters. The summed E-state index contributed by atoms with van der Waals surface area (Å²) in [5.74, 6) is 0.871. The Morgan fingerprint density at radius 2 is 1.78 bits per heavy atom. The zero-order valence-electron chi connectivity index (χ0n) is 15.6. The van der Waals surface area contributed by atoms with Gasteiger partial charge in [-0.2, -0.15) is 0 Å². The first-order valence-corrected chi connectivity index (χ1v) is 8.76. The highest BCUT2D eigenvalue weighted by Crippen LogP contribution is 2.26. The average Bonchev–Trinajstić information content (AvgIpc) is 2.67. The standard InChI is InChI=1S/C21H22N4O2/c1-4-27-19-8-6-5-7-17(19)25-21-22-12-16(13-23-21)20(26)24-18-11-14(2)9-10-15(18)3/h5-13H,4H2,1-3H3,(H,24,26)(H,22,23,25). The van der Waals surface area contributed by atoms with Gasteiger partial charge in [0.1, 0.15) is 5.75 Å². The molecule has 1 amide bonds. The van der Waals surface area contributed by atoms with Crippen LogP contribution in [0.4, 0.5) is 17.3 Å². The van der Waals surface area contributed by atoms with E-state index in [0.717, 1.165) is 28.3 Å². The Morgan fingerprint density at radius 3 is 2.52 bits per heavy atom. The van der Waals surface area contributed by atoms with Crippen LogP contribution in [0.1, 0.15) is 28.4 Å². The van der Waals surface area contributed by atoms with Crippen molar-refractivity contribution >= 4 is 23.2 Å². The first-order valence-electron chi connectivity index (χ1n) is 8.76. The maximum atomic E-state index is 12.5. The highest BCUT2D eigenvalue weighted by atomic mass is 16.5. The summed E-state index contributed by atoms with van der Waals surface area (Å²) in [7, 11) is 0. The molecule has 2 N–H and O–H groups in total. The number of para-hydroxylation sites is 2. The van der Waals surface area contributed by atoms with E-state index in [1.54, 1.807) is 0 Å². The Morgan fingerprint density at radius 1 is 1.04 bits per heavy atom. The van der Waals surface area contributed by atoms with Crippen LogP contribution in [0.2, 0.25) is 0 Å². The molecule has 0 aliphatic heterocycles. The van der Waals surface area contributed by atoms with E-state index in [2.05, 4.69) is 20.6 Å². The van der Waals surface area contributed by atoms with Crippen molar-refractivity contribution in [2.45, 2.75) is 20.8 Å². The molecular formula is C21H22N4O2. The summed E-state index contributed by atoms with van der Waals surface area (Å²) in [5.41, 5.74) is 4.03. The van der Waals surface area contributed by atoms with Crippen LogP contribution in [0, 0.1) is 13.8 Å². The summed E-state index contributed by atoms with van der Waals surface area (Å²) >= 11 is 0. The van der Waals surface area contributed by atoms with Crippen molar-refractivity contribution < 1.29 is 9.53 Å². The van der Waals surface area contributed by atoms with Crippen LogP contribution in [0.25, 0.3) is 0 Å². The molecule has 0 spiro atoms. The van der Waals surface area contributed by atoms with Gasteiger partial charge in [-0.1, -0.05) is 24.3 Å². The van der Waals surface area contributed by atoms with Crippen LogP contribution < -0.4 is 15.4 Å². The lowest BCUT2D eigenvalue weighted by molar-refractivity contribution is 0.102. The zero-order chi connectivity index (χ0) is 19.2. The minimum atomic E-state index is -0.245. The summed E-state index contributed by atoms with van der Waals surface area (Å²) in [6.07, 6.45) is 3.00. The highest BCUT2D eigenvalue weighted by Gasteiger charge is 2.10. The Bertz CT molecular complexity index is 939. The predicted molar refractivity (Wildman–Crippen MR) is 107 cm³/mol. The molecule has 1 aromatic heterocycles. The summed E-state index contributed by atoms with van der Waals surface area (Å²) in [6, 6.07) is 13.5. The number of carbonyl (C=O) groups excluding carboxylic acids is 1. The maximum absolute atomic E-state index is 12.5. The fraction of sp³-hybridized carbons (Fsp3) is 0.190. The Kier molecular flexibility index (Phi) is 5.66. The number of aromatic nitrogens is 2. The smallest absolute Gasteiger partial charge is 0.258 e. The van der Waals surface area contributed by atoms with Crippen molar-refractivity contribution in [3.8, 4) is 5.75 Å². The van der Waals surface area contributed by atoms with E-state index in [4.69, 9.17) is 4.74 Å². The number of ether oxygens (including phenoxy) is 1. The lowest BCUT2D eigenvalue weighted by Crippen LogP contribution is -2.14. The summed E-state index contributed by atoms with van der Waals surface area (Å²) in [5, 5.41) is 6.01. The topological polar surface area (TPSA) is 76.1 Å². The third kappa shape index (κ3) is 4.61. The molecule has 0 radical (unpaired) electrons. The molecule has 0 fully saturated rings. The van der Waals surface area contributed by atoms with Crippen LogP contribution in [0.3, 0.4) is 0 Å². The number of nitrogens with zero attached hydrogens (tertiary/aromatic N) is 2. The third-order valence-corrected chi connectivity index (χ3v) is 3.99. The Labute approximate surface area is 158 Å². The molecule has 1 heterocycles. The van der Waals surface area contributed by atoms with Gasteiger partial charge in [0.05, 0.1) is 17.9 Å². The summed E-state index contributed by atoms with van der Waals surface area (Å²) in [6.45, 7) is 6.43. The van der Waals surface area contributed by atoms with E-state index < -0.39 is 0 Å². The minimum absolute atomic E-state index is 0.245. The van der Waals surface area contributed by atoms with Crippen LogP contribution in [-0.4, -0.2) is 22.5 Å². The fourth-order valence-electron chi connectivity index (χ4n) is 2.55. The number of amides is 1. The van der Waals surface area contributed by atoms with Gasteiger partial charge in [-0.05, 0) is 50.1 Å². The number of carbonyl (C=O) groups is 1. The molecule has 3 aromatic rings. The lowest BCUT2D eigenvalue weighted by Gasteiger charge is -2.11.